The zero-order chi connectivity index (χ0) is 15.4. The predicted molar refractivity (Wildman–Crippen MR) is 72.9 cm³/mol. The smallest absolute Gasteiger partial charge is 0.326 e. The molecule has 1 aromatic heterocycles. The van der Waals surface area contributed by atoms with Gasteiger partial charge in [0, 0.05) is 19.2 Å². The van der Waals surface area contributed by atoms with Crippen molar-refractivity contribution in [2.75, 3.05) is 19.7 Å². The lowest BCUT2D eigenvalue weighted by molar-refractivity contribution is -0.149. The van der Waals surface area contributed by atoms with E-state index < -0.39 is 17.2 Å². The normalized spacial score (nSPS) is 18.3. The fourth-order valence-corrected chi connectivity index (χ4v) is 2.37. The van der Waals surface area contributed by atoms with Gasteiger partial charge in [0.05, 0.1) is 12.5 Å². The number of carbonyl (C=O) groups excluding carboxylic acids is 2. The number of aromatic amines is 2. The van der Waals surface area contributed by atoms with Gasteiger partial charge >= 0.3 is 11.7 Å². The maximum atomic E-state index is 12.3. The maximum absolute atomic E-state index is 12.3. The molecule has 1 aliphatic rings. The minimum Gasteiger partial charge on any atom is -0.466 e. The number of ether oxygens (including phenoxy) is 1. The van der Waals surface area contributed by atoms with E-state index in [4.69, 9.17) is 4.74 Å². The van der Waals surface area contributed by atoms with Crippen molar-refractivity contribution in [2.24, 2.45) is 5.92 Å². The molecule has 0 bridgehead atoms. The van der Waals surface area contributed by atoms with Crippen LogP contribution in [0.3, 0.4) is 0 Å². The van der Waals surface area contributed by atoms with Gasteiger partial charge in [-0.05, 0) is 19.8 Å². The van der Waals surface area contributed by atoms with E-state index in [1.54, 1.807) is 6.92 Å². The van der Waals surface area contributed by atoms with Gasteiger partial charge in [-0.15, -0.1) is 0 Å². The second kappa shape index (κ2) is 6.38. The van der Waals surface area contributed by atoms with E-state index in [1.807, 2.05) is 4.98 Å². The number of piperidine rings is 1. The monoisotopic (exact) mass is 295 g/mol. The second-order valence-corrected chi connectivity index (χ2v) is 4.84. The molecule has 2 rings (SSSR count). The highest BCUT2D eigenvalue weighted by Gasteiger charge is 2.30. The Labute approximate surface area is 120 Å². The summed E-state index contributed by atoms with van der Waals surface area (Å²) in [6.07, 6.45) is 1.33. The SMILES string of the molecule is CCOC(=O)[C@@H]1CCCN(C(=O)c2cc(=O)[nH]c(=O)[nH]2)C1. The van der Waals surface area contributed by atoms with Gasteiger partial charge in [0.15, 0.2) is 0 Å². The standard InChI is InChI=1S/C13H17N3O5/c1-2-21-12(19)8-4-3-5-16(7-8)11(18)9-6-10(17)15-13(20)14-9/h6,8H,2-5,7H2,1H3,(H2,14,15,17,20)/t8-/m1/s1. The number of esters is 1. The van der Waals surface area contributed by atoms with Crippen molar-refractivity contribution in [1.29, 1.82) is 0 Å². The third-order valence-corrected chi connectivity index (χ3v) is 3.32. The maximum Gasteiger partial charge on any atom is 0.326 e. The van der Waals surface area contributed by atoms with Gasteiger partial charge in [0.1, 0.15) is 5.69 Å². The fraction of sp³-hybridized carbons (Fsp3) is 0.538. The number of likely N-dealkylation sites (tertiary alicyclic amines) is 1. The van der Waals surface area contributed by atoms with E-state index in [0.29, 0.717) is 26.0 Å². The van der Waals surface area contributed by atoms with Crippen LogP contribution in [0.1, 0.15) is 30.3 Å². The number of nitrogens with zero attached hydrogens (tertiary/aromatic N) is 1. The van der Waals surface area contributed by atoms with Gasteiger partial charge in [-0.3, -0.25) is 19.4 Å². The Hall–Kier alpha value is -2.38. The van der Waals surface area contributed by atoms with Gasteiger partial charge in [-0.25, -0.2) is 4.79 Å². The van der Waals surface area contributed by atoms with Crippen LogP contribution in [0.15, 0.2) is 15.7 Å². The summed E-state index contributed by atoms with van der Waals surface area (Å²) in [6.45, 7) is 2.73. The lowest BCUT2D eigenvalue weighted by Gasteiger charge is -2.31. The molecule has 0 aromatic carbocycles. The van der Waals surface area contributed by atoms with Crippen LogP contribution in [-0.4, -0.2) is 46.4 Å². The summed E-state index contributed by atoms with van der Waals surface area (Å²) in [5.74, 6) is -1.15. The van der Waals surface area contributed by atoms with E-state index in [2.05, 4.69) is 4.98 Å². The Morgan fingerprint density at radius 1 is 1.38 bits per heavy atom. The van der Waals surface area contributed by atoms with E-state index in [-0.39, 0.29) is 24.1 Å². The molecule has 1 aromatic rings. The average Bonchev–Trinajstić information content (AvgIpc) is 2.46. The van der Waals surface area contributed by atoms with Crippen LogP contribution in [0.5, 0.6) is 0 Å². The average molecular weight is 295 g/mol. The molecule has 1 aliphatic heterocycles. The van der Waals surface area contributed by atoms with Gasteiger partial charge in [-0.1, -0.05) is 0 Å². The molecule has 0 aliphatic carbocycles. The van der Waals surface area contributed by atoms with E-state index >= 15 is 0 Å². The van der Waals surface area contributed by atoms with Crippen molar-refractivity contribution in [3.63, 3.8) is 0 Å². The number of H-pyrrole nitrogens is 2. The quantitative estimate of drug-likeness (QED) is 0.729. The van der Waals surface area contributed by atoms with Crippen molar-refractivity contribution in [2.45, 2.75) is 19.8 Å². The Bertz CT molecular complexity index is 619. The van der Waals surface area contributed by atoms with Crippen molar-refractivity contribution in [1.82, 2.24) is 14.9 Å². The molecular weight excluding hydrogens is 278 g/mol. The Balaban J connectivity index is 2.13. The molecule has 8 heteroatoms. The lowest BCUT2D eigenvalue weighted by atomic mass is 9.98. The molecule has 21 heavy (non-hydrogen) atoms. The summed E-state index contributed by atoms with van der Waals surface area (Å²) in [5.41, 5.74) is -1.45. The van der Waals surface area contributed by atoms with Crippen LogP contribution in [0, 0.1) is 5.92 Å². The van der Waals surface area contributed by atoms with Crippen molar-refractivity contribution >= 4 is 11.9 Å². The predicted octanol–water partition coefficient (Wildman–Crippen LogP) is -0.521. The van der Waals surface area contributed by atoms with Crippen LogP contribution in [0.25, 0.3) is 0 Å². The van der Waals surface area contributed by atoms with Crippen molar-refractivity contribution < 1.29 is 14.3 Å². The zero-order valence-corrected chi connectivity index (χ0v) is 11.7. The lowest BCUT2D eigenvalue weighted by Crippen LogP contribution is -2.44. The highest BCUT2D eigenvalue weighted by molar-refractivity contribution is 5.92. The molecule has 0 spiro atoms. The molecule has 114 valence electrons. The largest absolute Gasteiger partial charge is 0.466 e. The molecule has 1 amide bonds. The molecule has 1 saturated heterocycles. The summed E-state index contributed by atoms with van der Waals surface area (Å²) in [4.78, 5) is 52.2. The number of rotatable bonds is 3. The highest BCUT2D eigenvalue weighted by Crippen LogP contribution is 2.19. The van der Waals surface area contributed by atoms with Gasteiger partial charge in [0.25, 0.3) is 11.5 Å². The molecule has 8 nitrogen and oxygen atoms in total. The fourth-order valence-electron chi connectivity index (χ4n) is 2.37. The molecule has 0 unspecified atom stereocenters. The Kier molecular flexibility index (Phi) is 4.56. The van der Waals surface area contributed by atoms with Crippen molar-refractivity contribution in [3.8, 4) is 0 Å². The highest BCUT2D eigenvalue weighted by atomic mass is 16.5. The molecule has 2 N–H and O–H groups in total. The molecule has 2 heterocycles. The van der Waals surface area contributed by atoms with Gasteiger partial charge in [-0.2, -0.15) is 0 Å². The first kappa shape index (κ1) is 15.0. The number of amides is 1. The first-order valence-electron chi connectivity index (χ1n) is 6.80. The van der Waals surface area contributed by atoms with E-state index in [1.165, 1.54) is 4.90 Å². The molecule has 0 radical (unpaired) electrons. The van der Waals surface area contributed by atoms with Crippen molar-refractivity contribution in [3.05, 3.63) is 32.6 Å². The Morgan fingerprint density at radius 2 is 2.14 bits per heavy atom. The minimum atomic E-state index is -0.732. The summed E-state index contributed by atoms with van der Waals surface area (Å²) in [5, 5.41) is 0. The third-order valence-electron chi connectivity index (χ3n) is 3.32. The second-order valence-electron chi connectivity index (χ2n) is 4.84. The van der Waals surface area contributed by atoms with Crippen LogP contribution < -0.4 is 11.2 Å². The van der Waals surface area contributed by atoms with Crippen LogP contribution in [-0.2, 0) is 9.53 Å². The van der Waals surface area contributed by atoms with E-state index in [0.717, 1.165) is 6.07 Å². The molecular formula is C13H17N3O5. The number of aromatic nitrogens is 2. The van der Waals surface area contributed by atoms with Crippen LogP contribution in [0.4, 0.5) is 0 Å². The summed E-state index contributed by atoms with van der Waals surface area (Å²) >= 11 is 0. The number of hydrogen-bond acceptors (Lipinski definition) is 5. The number of carbonyl (C=O) groups is 2. The van der Waals surface area contributed by atoms with Gasteiger partial charge < -0.3 is 14.6 Å². The molecule has 1 fully saturated rings. The minimum absolute atomic E-state index is 0.0757. The number of hydrogen-bond donors (Lipinski definition) is 2. The molecule has 0 saturated carbocycles. The van der Waals surface area contributed by atoms with Crippen LogP contribution >= 0.6 is 0 Å². The first-order valence-corrected chi connectivity index (χ1v) is 6.80. The van der Waals surface area contributed by atoms with Gasteiger partial charge in [0.2, 0.25) is 0 Å². The topological polar surface area (TPSA) is 112 Å². The summed E-state index contributed by atoms with van der Waals surface area (Å²) in [7, 11) is 0. The summed E-state index contributed by atoms with van der Waals surface area (Å²) < 4.78 is 4.96. The van der Waals surface area contributed by atoms with E-state index in [9.17, 15) is 19.2 Å². The summed E-state index contributed by atoms with van der Waals surface area (Å²) in [6, 6.07) is 1.04. The van der Waals surface area contributed by atoms with Crippen LogP contribution in [0.2, 0.25) is 0 Å². The first-order chi connectivity index (χ1) is 10.0. The zero-order valence-electron chi connectivity index (χ0n) is 11.7. The third kappa shape index (κ3) is 3.59. The molecule has 1 atom stereocenters. The number of nitrogens with one attached hydrogen (secondary N) is 2. The Morgan fingerprint density at radius 3 is 2.81 bits per heavy atom.